The third-order valence-electron chi connectivity index (χ3n) is 4.92. The van der Waals surface area contributed by atoms with Crippen molar-refractivity contribution in [2.45, 2.75) is 30.8 Å². The Balaban J connectivity index is 0.00000196. The van der Waals surface area contributed by atoms with E-state index in [1.54, 1.807) is 18.2 Å². The van der Waals surface area contributed by atoms with Crippen LogP contribution in [-0.2, 0) is 9.84 Å². The minimum atomic E-state index is -3.27. The molecular formula is C21H25NO3S. The maximum absolute atomic E-state index is 12.0. The maximum Gasteiger partial charge on any atom is 0.175 e. The highest BCUT2D eigenvalue weighted by Gasteiger charge is 2.37. The van der Waals surface area contributed by atoms with Crippen molar-refractivity contribution in [1.29, 1.82) is 0 Å². The third kappa shape index (κ3) is 3.41. The lowest BCUT2D eigenvalue weighted by molar-refractivity contribution is 0.0816. The van der Waals surface area contributed by atoms with Crippen LogP contribution in [0.1, 0.15) is 31.4 Å². The van der Waals surface area contributed by atoms with Crippen LogP contribution in [0.5, 0.6) is 5.75 Å². The van der Waals surface area contributed by atoms with E-state index >= 15 is 0 Å². The largest absolute Gasteiger partial charge is 0.482 e. The number of hydrogen-bond donors (Lipinski definition) is 1. The number of nitrogens with one attached hydrogen (secondary N) is 1. The van der Waals surface area contributed by atoms with E-state index in [2.05, 4.69) is 23.5 Å². The van der Waals surface area contributed by atoms with Crippen molar-refractivity contribution in [3.8, 4) is 5.75 Å². The van der Waals surface area contributed by atoms with Gasteiger partial charge in [0.25, 0.3) is 0 Å². The standard InChI is InChI=1S/C20H21NO3S.CH4/c1-25(22,23)16-7-8-19-17(13-16)18(15-5-3-2-4-6-15)14-20(24-19)9-11-21-12-10-20;/h2-8,13-14,21H,9-12H2,1H3;1H4. The van der Waals surface area contributed by atoms with Crippen LogP contribution in [0.15, 0.2) is 59.5 Å². The van der Waals surface area contributed by atoms with Gasteiger partial charge in [0.2, 0.25) is 0 Å². The molecule has 0 aromatic heterocycles. The Kier molecular flexibility index (Phi) is 4.95. The number of ether oxygens (including phenoxy) is 1. The van der Waals surface area contributed by atoms with Crippen LogP contribution in [0, 0.1) is 0 Å². The fraction of sp³-hybridized carbons (Fsp3) is 0.333. The van der Waals surface area contributed by atoms with Gasteiger partial charge in [0.15, 0.2) is 9.84 Å². The molecule has 0 saturated carbocycles. The molecule has 1 N–H and O–H groups in total. The lowest BCUT2D eigenvalue weighted by Gasteiger charge is -2.40. The van der Waals surface area contributed by atoms with E-state index in [0.717, 1.165) is 48.4 Å². The summed E-state index contributed by atoms with van der Waals surface area (Å²) in [6, 6.07) is 15.3. The zero-order chi connectivity index (χ0) is 17.5. The number of rotatable bonds is 2. The molecule has 0 radical (unpaired) electrons. The highest BCUT2D eigenvalue weighted by molar-refractivity contribution is 7.90. The molecule has 1 spiro atoms. The molecule has 0 bridgehead atoms. The van der Waals surface area contributed by atoms with E-state index in [1.807, 2.05) is 18.2 Å². The first-order valence-electron chi connectivity index (χ1n) is 8.49. The summed E-state index contributed by atoms with van der Waals surface area (Å²) < 4.78 is 30.3. The van der Waals surface area contributed by atoms with Crippen LogP contribution in [-0.4, -0.2) is 33.4 Å². The van der Waals surface area contributed by atoms with Crippen LogP contribution < -0.4 is 10.1 Å². The van der Waals surface area contributed by atoms with Gasteiger partial charge in [-0.3, -0.25) is 0 Å². The molecule has 26 heavy (non-hydrogen) atoms. The Bertz CT molecular complexity index is 927. The predicted octanol–water partition coefficient (Wildman–Crippen LogP) is 3.67. The van der Waals surface area contributed by atoms with Crippen molar-refractivity contribution in [2.75, 3.05) is 19.3 Å². The van der Waals surface area contributed by atoms with Crippen LogP contribution in [0.3, 0.4) is 0 Å². The molecule has 0 unspecified atom stereocenters. The van der Waals surface area contributed by atoms with Gasteiger partial charge in [0, 0.05) is 24.7 Å². The molecule has 2 aliphatic rings. The van der Waals surface area contributed by atoms with Crippen LogP contribution in [0.25, 0.3) is 5.57 Å². The molecule has 2 heterocycles. The molecular weight excluding hydrogens is 346 g/mol. The Morgan fingerprint density at radius 1 is 1.04 bits per heavy atom. The van der Waals surface area contributed by atoms with E-state index < -0.39 is 9.84 Å². The van der Waals surface area contributed by atoms with Gasteiger partial charge in [-0.2, -0.15) is 0 Å². The molecule has 2 aromatic rings. The van der Waals surface area contributed by atoms with Gasteiger partial charge in [-0.15, -0.1) is 0 Å². The molecule has 138 valence electrons. The van der Waals surface area contributed by atoms with Crippen molar-refractivity contribution >= 4 is 15.4 Å². The minimum Gasteiger partial charge on any atom is -0.482 e. The fourth-order valence-corrected chi connectivity index (χ4v) is 4.23. The number of sulfone groups is 1. The second-order valence-corrected chi connectivity index (χ2v) is 8.79. The normalized spacial score (nSPS) is 18.3. The molecule has 4 rings (SSSR count). The molecule has 0 aliphatic carbocycles. The lowest BCUT2D eigenvalue weighted by atomic mass is 9.83. The number of hydrogen-bond acceptors (Lipinski definition) is 4. The van der Waals surface area contributed by atoms with E-state index in [9.17, 15) is 8.42 Å². The number of benzene rings is 2. The molecule has 2 aliphatic heterocycles. The molecule has 5 heteroatoms. The molecule has 1 fully saturated rings. The Morgan fingerprint density at radius 3 is 2.38 bits per heavy atom. The summed E-state index contributed by atoms with van der Waals surface area (Å²) in [7, 11) is -3.27. The molecule has 4 nitrogen and oxygen atoms in total. The fourth-order valence-electron chi connectivity index (χ4n) is 3.58. The van der Waals surface area contributed by atoms with E-state index in [1.165, 1.54) is 6.26 Å². The quantitative estimate of drug-likeness (QED) is 0.875. The summed E-state index contributed by atoms with van der Waals surface area (Å²) in [5, 5.41) is 3.38. The van der Waals surface area contributed by atoms with Gasteiger partial charge < -0.3 is 10.1 Å². The third-order valence-corrected chi connectivity index (χ3v) is 6.03. The van der Waals surface area contributed by atoms with Gasteiger partial charge in [0.05, 0.1) is 4.90 Å². The smallest absolute Gasteiger partial charge is 0.175 e. The summed E-state index contributed by atoms with van der Waals surface area (Å²) in [6.45, 7) is 1.82. The second kappa shape index (κ2) is 6.89. The summed E-state index contributed by atoms with van der Waals surface area (Å²) in [6.07, 6.45) is 5.23. The van der Waals surface area contributed by atoms with Gasteiger partial charge in [0.1, 0.15) is 11.4 Å². The van der Waals surface area contributed by atoms with Gasteiger partial charge in [-0.25, -0.2) is 8.42 Å². The maximum atomic E-state index is 12.0. The molecule has 2 aromatic carbocycles. The van der Waals surface area contributed by atoms with Gasteiger partial charge >= 0.3 is 0 Å². The zero-order valence-corrected chi connectivity index (χ0v) is 15.0. The molecule has 0 atom stereocenters. The summed E-state index contributed by atoms with van der Waals surface area (Å²) in [4.78, 5) is 0.318. The summed E-state index contributed by atoms with van der Waals surface area (Å²) in [5.41, 5.74) is 2.65. The van der Waals surface area contributed by atoms with Crippen molar-refractivity contribution in [3.05, 3.63) is 65.7 Å². The van der Waals surface area contributed by atoms with Crippen LogP contribution in [0.4, 0.5) is 0 Å². The molecule has 0 amide bonds. The summed E-state index contributed by atoms with van der Waals surface area (Å²) in [5.74, 6) is 0.760. The number of piperidine rings is 1. The van der Waals surface area contributed by atoms with E-state index in [-0.39, 0.29) is 13.0 Å². The van der Waals surface area contributed by atoms with Crippen molar-refractivity contribution in [3.63, 3.8) is 0 Å². The lowest BCUT2D eigenvalue weighted by Crippen LogP contribution is -2.46. The average Bonchev–Trinajstić information content (AvgIpc) is 2.61. The van der Waals surface area contributed by atoms with Crippen LogP contribution >= 0.6 is 0 Å². The second-order valence-electron chi connectivity index (χ2n) is 6.77. The topological polar surface area (TPSA) is 55.4 Å². The Hall–Kier alpha value is -2.11. The highest BCUT2D eigenvalue weighted by Crippen LogP contribution is 2.43. The monoisotopic (exact) mass is 371 g/mol. The van der Waals surface area contributed by atoms with E-state index in [4.69, 9.17) is 4.74 Å². The number of fused-ring (bicyclic) bond motifs is 1. The predicted molar refractivity (Wildman–Crippen MR) is 105 cm³/mol. The minimum absolute atomic E-state index is 0. The van der Waals surface area contributed by atoms with Gasteiger partial charge in [-0.1, -0.05) is 37.8 Å². The average molecular weight is 372 g/mol. The highest BCUT2D eigenvalue weighted by atomic mass is 32.2. The van der Waals surface area contributed by atoms with Gasteiger partial charge in [-0.05, 0) is 48.5 Å². The zero-order valence-electron chi connectivity index (χ0n) is 14.2. The Labute approximate surface area is 155 Å². The van der Waals surface area contributed by atoms with Crippen molar-refractivity contribution in [2.24, 2.45) is 0 Å². The van der Waals surface area contributed by atoms with E-state index in [0.29, 0.717) is 4.90 Å². The first-order valence-corrected chi connectivity index (χ1v) is 10.4. The first kappa shape index (κ1) is 18.7. The van der Waals surface area contributed by atoms with Crippen molar-refractivity contribution in [1.82, 2.24) is 5.32 Å². The van der Waals surface area contributed by atoms with Crippen molar-refractivity contribution < 1.29 is 13.2 Å². The first-order chi connectivity index (χ1) is 12.0. The SMILES string of the molecule is C.CS(=O)(=O)c1ccc2c(c1)C(c1ccccc1)=CC1(CCNCC1)O2. The Morgan fingerprint density at radius 2 is 1.73 bits per heavy atom. The van der Waals surface area contributed by atoms with Crippen LogP contribution in [0.2, 0.25) is 0 Å². The summed E-state index contributed by atoms with van der Waals surface area (Å²) >= 11 is 0. The molecule has 1 saturated heterocycles.